The molecule has 5 rings (SSSR count). The van der Waals surface area contributed by atoms with Gasteiger partial charge in [0.1, 0.15) is 11.6 Å². The van der Waals surface area contributed by atoms with Crippen LogP contribution in [0.2, 0.25) is 0 Å². The van der Waals surface area contributed by atoms with Crippen molar-refractivity contribution in [3.63, 3.8) is 0 Å². The summed E-state index contributed by atoms with van der Waals surface area (Å²) in [6, 6.07) is 8.06. The van der Waals surface area contributed by atoms with Crippen LogP contribution < -0.4 is 14.9 Å². The Morgan fingerprint density at radius 3 is 2.56 bits per heavy atom. The highest BCUT2D eigenvalue weighted by atomic mass is 32.2. The molecular weight excluding hydrogens is 476 g/mol. The lowest BCUT2D eigenvalue weighted by atomic mass is 9.92. The van der Waals surface area contributed by atoms with Crippen molar-refractivity contribution in [3.05, 3.63) is 54.6 Å². The van der Waals surface area contributed by atoms with Crippen molar-refractivity contribution in [1.29, 1.82) is 0 Å². The molecule has 4 aromatic rings. The van der Waals surface area contributed by atoms with Crippen LogP contribution in [0.4, 0.5) is 17.3 Å². The summed E-state index contributed by atoms with van der Waals surface area (Å²) in [5.41, 5.74) is 3.11. The Morgan fingerprint density at radius 1 is 1.08 bits per heavy atom. The fraction of sp³-hybridized carbons (Fsp3) is 0.360. The largest absolute Gasteiger partial charge is 0.365 e. The third-order valence-corrected chi connectivity index (χ3v) is 7.28. The van der Waals surface area contributed by atoms with Gasteiger partial charge in [-0.15, -0.1) is 0 Å². The van der Waals surface area contributed by atoms with Crippen molar-refractivity contribution in [2.45, 2.75) is 38.8 Å². The number of pyridine rings is 1. The molecule has 0 spiro atoms. The second-order valence-corrected chi connectivity index (χ2v) is 11.4. The van der Waals surface area contributed by atoms with Gasteiger partial charge in [-0.1, -0.05) is 19.9 Å². The minimum absolute atomic E-state index is 0.0394. The van der Waals surface area contributed by atoms with Gasteiger partial charge in [0.05, 0.1) is 24.1 Å². The summed E-state index contributed by atoms with van der Waals surface area (Å²) in [7, 11) is -1.40. The highest BCUT2D eigenvalue weighted by Gasteiger charge is 2.38. The smallest absolute Gasteiger partial charge is 0.209 e. The van der Waals surface area contributed by atoms with Crippen LogP contribution in [-0.4, -0.2) is 58.0 Å². The van der Waals surface area contributed by atoms with Gasteiger partial charge >= 0.3 is 0 Å². The molecular formula is C25H30N8O2S. The van der Waals surface area contributed by atoms with Gasteiger partial charge in [-0.05, 0) is 42.0 Å². The van der Waals surface area contributed by atoms with E-state index in [4.69, 9.17) is 0 Å². The number of nitrogens with zero attached hydrogens (tertiary/aromatic N) is 6. The molecule has 4 heterocycles. The molecule has 188 valence electrons. The fourth-order valence-electron chi connectivity index (χ4n) is 4.64. The van der Waals surface area contributed by atoms with Gasteiger partial charge in [0.2, 0.25) is 10.0 Å². The van der Waals surface area contributed by atoms with Crippen LogP contribution in [0.15, 0.2) is 49.1 Å². The second-order valence-electron chi connectivity index (χ2n) is 9.63. The normalized spacial score (nSPS) is 18.0. The summed E-state index contributed by atoms with van der Waals surface area (Å²) in [4.78, 5) is 15.9. The van der Waals surface area contributed by atoms with E-state index in [0.717, 1.165) is 22.0 Å². The number of fused-ring (bicyclic) bond motifs is 1. The van der Waals surface area contributed by atoms with Crippen LogP contribution in [0.5, 0.6) is 0 Å². The molecule has 3 aromatic heterocycles. The Bertz CT molecular complexity index is 1530. The van der Waals surface area contributed by atoms with Crippen molar-refractivity contribution in [1.82, 2.24) is 29.5 Å². The van der Waals surface area contributed by atoms with Crippen molar-refractivity contribution >= 4 is 38.1 Å². The number of nitrogens with one attached hydrogen (secondary N) is 2. The van der Waals surface area contributed by atoms with E-state index >= 15 is 0 Å². The molecule has 1 fully saturated rings. The molecule has 1 aliphatic rings. The fourth-order valence-corrected chi connectivity index (χ4v) is 5.46. The molecule has 0 bridgehead atoms. The van der Waals surface area contributed by atoms with Gasteiger partial charge in [0, 0.05) is 49.3 Å². The van der Waals surface area contributed by atoms with Crippen LogP contribution >= 0.6 is 0 Å². The lowest BCUT2D eigenvalue weighted by Crippen LogP contribution is -2.65. The molecule has 10 nitrogen and oxygen atoms in total. The van der Waals surface area contributed by atoms with Crippen molar-refractivity contribution in [2.75, 3.05) is 23.0 Å². The average molecular weight is 507 g/mol. The monoisotopic (exact) mass is 506 g/mol. The van der Waals surface area contributed by atoms with Crippen LogP contribution in [0.3, 0.4) is 0 Å². The molecule has 0 radical (unpaired) electrons. The highest BCUT2D eigenvalue weighted by Crippen LogP contribution is 2.37. The Hall–Kier alpha value is -3.57. The van der Waals surface area contributed by atoms with Gasteiger partial charge in [-0.25, -0.2) is 28.1 Å². The van der Waals surface area contributed by atoms with E-state index in [1.54, 1.807) is 17.1 Å². The van der Waals surface area contributed by atoms with E-state index in [2.05, 4.69) is 67.0 Å². The second kappa shape index (κ2) is 9.14. The first-order valence-electron chi connectivity index (χ1n) is 11.8. The van der Waals surface area contributed by atoms with Crippen LogP contribution in [0.1, 0.15) is 32.3 Å². The summed E-state index contributed by atoms with van der Waals surface area (Å²) in [5.74, 6) is 2.24. The van der Waals surface area contributed by atoms with E-state index in [1.807, 2.05) is 32.4 Å². The molecule has 0 unspecified atom stereocenters. The summed E-state index contributed by atoms with van der Waals surface area (Å²) in [6.07, 6.45) is 8.40. The van der Waals surface area contributed by atoms with Gasteiger partial charge in [0.25, 0.3) is 0 Å². The predicted octanol–water partition coefficient (Wildman–Crippen LogP) is 3.42. The minimum atomic E-state index is -3.25. The van der Waals surface area contributed by atoms with Crippen molar-refractivity contribution in [3.8, 4) is 11.4 Å². The van der Waals surface area contributed by atoms with E-state index in [1.165, 1.54) is 11.8 Å². The van der Waals surface area contributed by atoms with Gasteiger partial charge in [0.15, 0.2) is 5.82 Å². The van der Waals surface area contributed by atoms with Crippen LogP contribution in [0.25, 0.3) is 22.2 Å². The molecule has 2 atom stereocenters. The Balaban J connectivity index is 1.46. The van der Waals surface area contributed by atoms with Gasteiger partial charge < -0.3 is 10.2 Å². The molecule has 0 amide bonds. The summed E-state index contributed by atoms with van der Waals surface area (Å²) in [5, 5.41) is 9.65. The zero-order valence-electron chi connectivity index (χ0n) is 21.0. The molecule has 1 saturated heterocycles. The zero-order valence-corrected chi connectivity index (χ0v) is 21.8. The minimum Gasteiger partial charge on any atom is -0.365 e. The molecule has 1 aromatic carbocycles. The number of aryl methyl sites for hydroxylation is 1. The summed E-state index contributed by atoms with van der Waals surface area (Å²) >= 11 is 0. The average Bonchev–Trinajstić information content (AvgIpc) is 3.26. The predicted molar refractivity (Wildman–Crippen MR) is 142 cm³/mol. The SMILES string of the molecule is CC(C)c1ccc(N2C[C@H](NS(C)(=O)=O)[C@H]2C)c2cnc(Nc3ccnc(-c4cnn(C)c4)n3)cc12. The molecule has 2 N–H and O–H groups in total. The summed E-state index contributed by atoms with van der Waals surface area (Å²) in [6.45, 7) is 6.99. The molecule has 0 saturated carbocycles. The molecule has 36 heavy (non-hydrogen) atoms. The summed E-state index contributed by atoms with van der Waals surface area (Å²) < 4.78 is 27.8. The topological polar surface area (TPSA) is 118 Å². The van der Waals surface area contributed by atoms with Crippen LogP contribution in [-0.2, 0) is 17.1 Å². The maximum Gasteiger partial charge on any atom is 0.209 e. The Kier molecular flexibility index (Phi) is 6.13. The number of aromatic nitrogens is 5. The van der Waals surface area contributed by atoms with Gasteiger partial charge in [-0.3, -0.25) is 4.68 Å². The third-order valence-electron chi connectivity index (χ3n) is 6.55. The first-order chi connectivity index (χ1) is 17.1. The number of sulfonamides is 1. The van der Waals surface area contributed by atoms with Crippen molar-refractivity contribution < 1.29 is 8.42 Å². The van der Waals surface area contributed by atoms with E-state index in [0.29, 0.717) is 29.9 Å². The highest BCUT2D eigenvalue weighted by molar-refractivity contribution is 7.88. The Labute approximate surface area is 210 Å². The number of hydrogen-bond acceptors (Lipinski definition) is 8. The quantitative estimate of drug-likeness (QED) is 0.392. The first kappa shape index (κ1) is 24.1. The number of benzene rings is 1. The zero-order chi connectivity index (χ0) is 25.6. The van der Waals surface area contributed by atoms with E-state index < -0.39 is 10.0 Å². The van der Waals surface area contributed by atoms with Crippen LogP contribution in [0, 0.1) is 0 Å². The molecule has 1 aliphatic heterocycles. The van der Waals surface area contributed by atoms with E-state index in [9.17, 15) is 8.42 Å². The lowest BCUT2D eigenvalue weighted by Gasteiger charge is -2.48. The lowest BCUT2D eigenvalue weighted by molar-refractivity contribution is 0.376. The molecule has 11 heteroatoms. The molecule has 0 aliphatic carbocycles. The Morgan fingerprint density at radius 2 is 1.89 bits per heavy atom. The third kappa shape index (κ3) is 4.76. The number of rotatable bonds is 7. The first-order valence-corrected chi connectivity index (χ1v) is 13.7. The number of hydrogen-bond donors (Lipinski definition) is 2. The maximum atomic E-state index is 11.7. The number of anilines is 3. The van der Waals surface area contributed by atoms with E-state index in [-0.39, 0.29) is 12.1 Å². The van der Waals surface area contributed by atoms with Crippen molar-refractivity contribution in [2.24, 2.45) is 7.05 Å². The standard InChI is InChI=1S/C25H30N8O2S/c1-15(2)18-6-7-22(33-14-21(16(33)3)31-36(5,34)35)20-12-27-24(10-19(18)20)29-23-8-9-26-25(30-23)17-11-28-32(4)13-17/h6-13,15-16,21,31H,14H2,1-5H3,(H,26,27,29,30)/t16-,21+/m1/s1. The van der Waals surface area contributed by atoms with Gasteiger partial charge in [-0.2, -0.15) is 5.10 Å². The maximum absolute atomic E-state index is 11.7.